The molecule has 132 valence electrons. The van der Waals surface area contributed by atoms with Crippen molar-refractivity contribution in [1.29, 1.82) is 0 Å². The van der Waals surface area contributed by atoms with Gasteiger partial charge in [-0.05, 0) is 48.4 Å². The largest absolute Gasteiger partial charge is 0.493 e. The fourth-order valence-electron chi connectivity index (χ4n) is 2.47. The molecular weight excluding hydrogens is 320 g/mol. The highest BCUT2D eigenvalue weighted by Gasteiger charge is 2.16. The Kier molecular flexibility index (Phi) is 6.00. The average Bonchev–Trinajstić information content (AvgIpc) is 2.66. The van der Waals surface area contributed by atoms with E-state index in [0.717, 1.165) is 5.56 Å². The van der Waals surface area contributed by atoms with Gasteiger partial charge in [0.1, 0.15) is 0 Å². The van der Waals surface area contributed by atoms with Gasteiger partial charge in [-0.1, -0.05) is 6.92 Å². The van der Waals surface area contributed by atoms with Crippen molar-refractivity contribution in [3.05, 3.63) is 53.1 Å². The Bertz CT molecular complexity index is 770. The molecule has 0 aliphatic heterocycles. The first-order valence-corrected chi connectivity index (χ1v) is 7.92. The second-order valence-electron chi connectivity index (χ2n) is 5.33. The smallest absolute Gasteiger partial charge is 0.256 e. The topological polar surface area (TPSA) is 76.7 Å². The third-order valence-corrected chi connectivity index (χ3v) is 3.87. The fraction of sp³-hybridized carbons (Fsp3) is 0.263. The highest BCUT2D eigenvalue weighted by atomic mass is 16.5. The van der Waals surface area contributed by atoms with E-state index < -0.39 is 0 Å². The van der Waals surface area contributed by atoms with Crippen LogP contribution < -0.4 is 20.1 Å². The second kappa shape index (κ2) is 8.19. The molecule has 0 fully saturated rings. The number of methoxy groups -OCH3 is 2. The Morgan fingerprint density at radius 1 is 0.960 bits per heavy atom. The number of benzene rings is 2. The van der Waals surface area contributed by atoms with Gasteiger partial charge in [0, 0.05) is 23.9 Å². The van der Waals surface area contributed by atoms with Crippen LogP contribution in [0.5, 0.6) is 11.5 Å². The van der Waals surface area contributed by atoms with Crippen molar-refractivity contribution >= 4 is 17.5 Å². The molecule has 2 aromatic rings. The summed E-state index contributed by atoms with van der Waals surface area (Å²) in [5.41, 5.74) is 2.52. The molecular formula is C19H22N2O4. The molecule has 0 heterocycles. The minimum atomic E-state index is -0.245. The molecule has 0 aliphatic rings. The summed E-state index contributed by atoms with van der Waals surface area (Å²) in [5, 5.41) is 5.39. The highest BCUT2D eigenvalue weighted by molar-refractivity contribution is 6.06. The Morgan fingerprint density at radius 3 is 2.08 bits per heavy atom. The lowest BCUT2D eigenvalue weighted by Crippen LogP contribution is -2.18. The lowest BCUT2D eigenvalue weighted by Gasteiger charge is -2.14. The van der Waals surface area contributed by atoms with Gasteiger partial charge in [0.05, 0.1) is 14.2 Å². The van der Waals surface area contributed by atoms with E-state index in [2.05, 4.69) is 10.6 Å². The Balaban J connectivity index is 2.27. The van der Waals surface area contributed by atoms with Gasteiger partial charge in [-0.25, -0.2) is 0 Å². The van der Waals surface area contributed by atoms with Crippen LogP contribution in [-0.2, 0) is 6.42 Å². The molecule has 25 heavy (non-hydrogen) atoms. The van der Waals surface area contributed by atoms with E-state index in [1.165, 1.54) is 7.11 Å². The zero-order valence-corrected chi connectivity index (χ0v) is 14.8. The van der Waals surface area contributed by atoms with Gasteiger partial charge >= 0.3 is 0 Å². The average molecular weight is 342 g/mol. The van der Waals surface area contributed by atoms with Crippen molar-refractivity contribution in [2.75, 3.05) is 26.6 Å². The monoisotopic (exact) mass is 342 g/mol. The van der Waals surface area contributed by atoms with Crippen molar-refractivity contribution in [3.63, 3.8) is 0 Å². The quantitative estimate of drug-likeness (QED) is 0.846. The molecule has 0 atom stereocenters. The van der Waals surface area contributed by atoms with Crippen LogP contribution in [0, 0.1) is 0 Å². The molecule has 0 saturated heterocycles. The van der Waals surface area contributed by atoms with Crippen LogP contribution in [-0.4, -0.2) is 33.1 Å². The van der Waals surface area contributed by atoms with Gasteiger partial charge in [-0.15, -0.1) is 0 Å². The van der Waals surface area contributed by atoms with Crippen LogP contribution in [0.25, 0.3) is 0 Å². The first kappa shape index (κ1) is 18.3. The van der Waals surface area contributed by atoms with Gasteiger partial charge in [-0.2, -0.15) is 0 Å². The Labute approximate surface area is 147 Å². The number of amides is 2. The van der Waals surface area contributed by atoms with E-state index in [-0.39, 0.29) is 11.8 Å². The molecule has 0 aliphatic carbocycles. The number of hydrogen-bond acceptors (Lipinski definition) is 4. The number of ether oxygens (including phenoxy) is 2. The molecule has 6 heteroatoms. The second-order valence-corrected chi connectivity index (χ2v) is 5.33. The molecule has 0 radical (unpaired) electrons. The van der Waals surface area contributed by atoms with E-state index in [9.17, 15) is 9.59 Å². The Hall–Kier alpha value is -3.02. The first-order valence-electron chi connectivity index (χ1n) is 7.92. The van der Waals surface area contributed by atoms with Gasteiger partial charge in [-0.3, -0.25) is 9.59 Å². The molecule has 6 nitrogen and oxygen atoms in total. The summed E-state index contributed by atoms with van der Waals surface area (Å²) in [4.78, 5) is 24.2. The lowest BCUT2D eigenvalue weighted by atomic mass is 10.0. The van der Waals surface area contributed by atoms with Crippen LogP contribution in [0.3, 0.4) is 0 Å². The van der Waals surface area contributed by atoms with Crippen LogP contribution in [0.1, 0.15) is 33.2 Å². The number of carbonyl (C=O) groups is 2. The number of nitrogens with one attached hydrogen (secondary N) is 2. The van der Waals surface area contributed by atoms with E-state index in [4.69, 9.17) is 9.47 Å². The molecule has 2 rings (SSSR count). The summed E-state index contributed by atoms with van der Waals surface area (Å²) in [6.45, 7) is 1.97. The van der Waals surface area contributed by atoms with Gasteiger partial charge in [0.2, 0.25) is 0 Å². The SMILES string of the molecule is CCc1cc(OC)c(OC)cc1C(=O)Nc1ccc(C(=O)NC)cc1. The maximum absolute atomic E-state index is 12.6. The number of aryl methyl sites for hydroxylation is 1. The maximum Gasteiger partial charge on any atom is 0.256 e. The predicted octanol–water partition coefficient (Wildman–Crippen LogP) is 2.88. The number of carbonyl (C=O) groups excluding carboxylic acids is 2. The van der Waals surface area contributed by atoms with Crippen molar-refractivity contribution in [3.8, 4) is 11.5 Å². The third-order valence-electron chi connectivity index (χ3n) is 3.87. The van der Waals surface area contributed by atoms with Crippen molar-refractivity contribution in [2.45, 2.75) is 13.3 Å². The minimum absolute atomic E-state index is 0.175. The summed E-state index contributed by atoms with van der Waals surface area (Å²) in [7, 11) is 4.66. The molecule has 0 spiro atoms. The lowest BCUT2D eigenvalue weighted by molar-refractivity contribution is 0.0962. The summed E-state index contributed by atoms with van der Waals surface area (Å²) in [5.74, 6) is 0.669. The predicted molar refractivity (Wildman–Crippen MR) is 96.7 cm³/mol. The summed E-state index contributed by atoms with van der Waals surface area (Å²) in [6, 6.07) is 10.2. The summed E-state index contributed by atoms with van der Waals surface area (Å²) in [6.07, 6.45) is 0.679. The molecule has 2 amide bonds. The van der Waals surface area contributed by atoms with Crippen LogP contribution in [0.15, 0.2) is 36.4 Å². The van der Waals surface area contributed by atoms with Crippen LogP contribution in [0.4, 0.5) is 5.69 Å². The van der Waals surface area contributed by atoms with Gasteiger partial charge in [0.25, 0.3) is 11.8 Å². The number of rotatable bonds is 6. The van der Waals surface area contributed by atoms with Gasteiger partial charge in [0.15, 0.2) is 11.5 Å². The zero-order chi connectivity index (χ0) is 18.4. The van der Waals surface area contributed by atoms with E-state index in [1.54, 1.807) is 44.5 Å². The first-order chi connectivity index (χ1) is 12.0. The van der Waals surface area contributed by atoms with E-state index in [1.807, 2.05) is 13.0 Å². The van der Waals surface area contributed by atoms with E-state index in [0.29, 0.717) is 34.7 Å². The zero-order valence-electron chi connectivity index (χ0n) is 14.8. The summed E-state index contributed by atoms with van der Waals surface area (Å²) < 4.78 is 10.6. The van der Waals surface area contributed by atoms with Crippen LogP contribution >= 0.6 is 0 Å². The van der Waals surface area contributed by atoms with Crippen LogP contribution in [0.2, 0.25) is 0 Å². The molecule has 0 bridgehead atoms. The molecule has 2 N–H and O–H groups in total. The van der Waals surface area contributed by atoms with Crippen molar-refractivity contribution in [1.82, 2.24) is 5.32 Å². The molecule has 2 aromatic carbocycles. The maximum atomic E-state index is 12.6. The number of anilines is 1. The van der Waals surface area contributed by atoms with Crippen molar-refractivity contribution in [2.24, 2.45) is 0 Å². The molecule has 0 unspecified atom stereocenters. The summed E-state index contributed by atoms with van der Waals surface area (Å²) >= 11 is 0. The normalized spacial score (nSPS) is 10.1. The number of hydrogen-bond donors (Lipinski definition) is 2. The van der Waals surface area contributed by atoms with E-state index >= 15 is 0 Å². The fourth-order valence-corrected chi connectivity index (χ4v) is 2.47. The third kappa shape index (κ3) is 4.09. The van der Waals surface area contributed by atoms with Crippen molar-refractivity contribution < 1.29 is 19.1 Å². The molecule has 0 aromatic heterocycles. The molecule has 0 saturated carbocycles. The minimum Gasteiger partial charge on any atom is -0.493 e. The van der Waals surface area contributed by atoms with Gasteiger partial charge < -0.3 is 20.1 Å². The Morgan fingerprint density at radius 2 is 1.56 bits per heavy atom. The highest BCUT2D eigenvalue weighted by Crippen LogP contribution is 2.31. The standard InChI is InChI=1S/C19H22N2O4/c1-5-12-10-16(24-3)17(25-4)11-15(12)19(23)21-14-8-6-13(7-9-14)18(22)20-2/h6-11H,5H2,1-4H3,(H,20,22)(H,21,23).